The summed E-state index contributed by atoms with van der Waals surface area (Å²) in [5.41, 5.74) is 3.86. The molecule has 0 spiro atoms. The molecule has 0 bridgehead atoms. The monoisotopic (exact) mass is 186 g/mol. The van der Waals surface area contributed by atoms with Crippen molar-refractivity contribution < 1.29 is 0 Å². The number of hydrogen-bond acceptors (Lipinski definition) is 0. The number of benzene rings is 1. The summed E-state index contributed by atoms with van der Waals surface area (Å²) in [5.74, 6) is 0. The zero-order valence-corrected chi connectivity index (χ0v) is 8.92. The van der Waals surface area contributed by atoms with Crippen LogP contribution in [0.4, 0.5) is 0 Å². The number of rotatable bonds is 5. The van der Waals surface area contributed by atoms with Crippen LogP contribution in [0.5, 0.6) is 0 Å². The van der Waals surface area contributed by atoms with E-state index in [0.717, 1.165) is 19.3 Å². The second-order valence-corrected chi connectivity index (χ2v) is 3.60. The van der Waals surface area contributed by atoms with Crippen LogP contribution in [0.3, 0.4) is 0 Å². The average molecular weight is 186 g/mol. The summed E-state index contributed by atoms with van der Waals surface area (Å²) in [5, 5.41) is 0. The van der Waals surface area contributed by atoms with E-state index < -0.39 is 0 Å². The van der Waals surface area contributed by atoms with Gasteiger partial charge in [-0.25, -0.2) is 0 Å². The standard InChI is InChI=1S/C14H18/c1-4-5-6-9-12(2)14-11-8-7-10-13(14)3/h4,7-8,10-11H,1-2,5-6,9H2,3H3. The van der Waals surface area contributed by atoms with Crippen LogP contribution in [0.15, 0.2) is 43.5 Å². The van der Waals surface area contributed by atoms with Crippen LogP contribution in [0.25, 0.3) is 5.57 Å². The number of hydrogen-bond donors (Lipinski definition) is 0. The fourth-order valence-electron chi connectivity index (χ4n) is 1.56. The van der Waals surface area contributed by atoms with Crippen molar-refractivity contribution in [2.45, 2.75) is 26.2 Å². The maximum atomic E-state index is 4.12. The third kappa shape index (κ3) is 2.88. The van der Waals surface area contributed by atoms with Gasteiger partial charge in [-0.05, 0) is 42.9 Å². The lowest BCUT2D eigenvalue weighted by atomic mass is 9.98. The van der Waals surface area contributed by atoms with Crippen molar-refractivity contribution in [1.29, 1.82) is 0 Å². The summed E-state index contributed by atoms with van der Waals surface area (Å²) in [6, 6.07) is 8.41. The van der Waals surface area contributed by atoms with Crippen LogP contribution < -0.4 is 0 Å². The summed E-state index contributed by atoms with van der Waals surface area (Å²) in [4.78, 5) is 0. The molecule has 0 aliphatic carbocycles. The summed E-state index contributed by atoms with van der Waals surface area (Å²) in [6.45, 7) is 9.97. The largest absolute Gasteiger partial charge is 0.103 e. The molecule has 0 saturated heterocycles. The Labute approximate surface area is 87.0 Å². The third-order valence-corrected chi connectivity index (χ3v) is 2.41. The van der Waals surface area contributed by atoms with Crippen LogP contribution in [-0.2, 0) is 0 Å². The molecule has 0 unspecified atom stereocenters. The number of allylic oxidation sites excluding steroid dienone is 2. The minimum absolute atomic E-state index is 1.07. The fourth-order valence-corrected chi connectivity index (χ4v) is 1.56. The average Bonchev–Trinajstić information content (AvgIpc) is 2.18. The van der Waals surface area contributed by atoms with Crippen LogP contribution in [0.1, 0.15) is 30.4 Å². The van der Waals surface area contributed by atoms with E-state index in [2.05, 4.69) is 44.3 Å². The van der Waals surface area contributed by atoms with Crippen molar-refractivity contribution in [3.63, 3.8) is 0 Å². The molecule has 0 radical (unpaired) electrons. The molecule has 1 rings (SSSR count). The second-order valence-electron chi connectivity index (χ2n) is 3.60. The smallest absolute Gasteiger partial charge is 0.0201 e. The first-order chi connectivity index (χ1) is 6.75. The maximum absolute atomic E-state index is 4.12. The number of aryl methyl sites for hydroxylation is 1. The summed E-state index contributed by atoms with van der Waals surface area (Å²) in [6.07, 6.45) is 5.25. The van der Waals surface area contributed by atoms with E-state index in [9.17, 15) is 0 Å². The van der Waals surface area contributed by atoms with Gasteiger partial charge in [-0.1, -0.05) is 36.9 Å². The molecule has 74 valence electrons. The normalized spacial score (nSPS) is 9.79. The van der Waals surface area contributed by atoms with Crippen LogP contribution in [0.2, 0.25) is 0 Å². The highest BCUT2D eigenvalue weighted by Gasteiger charge is 2.00. The van der Waals surface area contributed by atoms with Gasteiger partial charge in [0.05, 0.1) is 0 Å². The van der Waals surface area contributed by atoms with Gasteiger partial charge in [0.15, 0.2) is 0 Å². The Balaban J connectivity index is 2.60. The molecule has 1 aromatic rings. The Morgan fingerprint density at radius 3 is 2.71 bits per heavy atom. The molecule has 0 amide bonds. The highest BCUT2D eigenvalue weighted by molar-refractivity contribution is 5.65. The van der Waals surface area contributed by atoms with Crippen LogP contribution >= 0.6 is 0 Å². The quantitative estimate of drug-likeness (QED) is 0.473. The molecule has 0 heterocycles. The van der Waals surface area contributed by atoms with E-state index in [1.165, 1.54) is 16.7 Å². The van der Waals surface area contributed by atoms with Gasteiger partial charge in [-0.2, -0.15) is 0 Å². The minimum atomic E-state index is 1.07. The lowest BCUT2D eigenvalue weighted by Gasteiger charge is -2.07. The Bertz CT molecular complexity index is 321. The van der Waals surface area contributed by atoms with Gasteiger partial charge < -0.3 is 0 Å². The molecule has 0 heteroatoms. The molecule has 0 aromatic heterocycles. The van der Waals surface area contributed by atoms with E-state index in [1.54, 1.807) is 0 Å². The topological polar surface area (TPSA) is 0 Å². The lowest BCUT2D eigenvalue weighted by Crippen LogP contribution is -1.87. The van der Waals surface area contributed by atoms with Crippen molar-refractivity contribution in [3.8, 4) is 0 Å². The predicted octanol–water partition coefficient (Wildman–Crippen LogP) is 4.36. The Hall–Kier alpha value is -1.30. The Kier molecular flexibility index (Phi) is 4.18. The zero-order valence-electron chi connectivity index (χ0n) is 8.92. The third-order valence-electron chi connectivity index (χ3n) is 2.41. The van der Waals surface area contributed by atoms with Gasteiger partial charge in [0.25, 0.3) is 0 Å². The SMILES string of the molecule is C=CCCCC(=C)c1ccccc1C. The van der Waals surface area contributed by atoms with Gasteiger partial charge >= 0.3 is 0 Å². The van der Waals surface area contributed by atoms with Crippen molar-refractivity contribution in [1.82, 2.24) is 0 Å². The highest BCUT2D eigenvalue weighted by atomic mass is 14.1. The van der Waals surface area contributed by atoms with Crippen molar-refractivity contribution in [3.05, 3.63) is 54.6 Å². The molecule has 0 saturated carbocycles. The Morgan fingerprint density at radius 2 is 2.07 bits per heavy atom. The Morgan fingerprint density at radius 1 is 1.36 bits per heavy atom. The molecular formula is C14H18. The molecule has 14 heavy (non-hydrogen) atoms. The molecular weight excluding hydrogens is 168 g/mol. The highest BCUT2D eigenvalue weighted by Crippen LogP contribution is 2.21. The maximum Gasteiger partial charge on any atom is -0.0201 e. The molecule has 0 N–H and O–H groups in total. The molecule has 0 atom stereocenters. The van der Waals surface area contributed by atoms with Gasteiger partial charge in [0.2, 0.25) is 0 Å². The van der Waals surface area contributed by atoms with Crippen LogP contribution in [-0.4, -0.2) is 0 Å². The molecule has 1 aromatic carbocycles. The second kappa shape index (κ2) is 5.43. The molecule has 0 nitrogen and oxygen atoms in total. The van der Waals surface area contributed by atoms with Crippen molar-refractivity contribution in [2.24, 2.45) is 0 Å². The van der Waals surface area contributed by atoms with Gasteiger partial charge in [0, 0.05) is 0 Å². The first kappa shape index (κ1) is 10.8. The first-order valence-corrected chi connectivity index (χ1v) is 5.10. The first-order valence-electron chi connectivity index (χ1n) is 5.10. The summed E-state index contributed by atoms with van der Waals surface area (Å²) < 4.78 is 0. The number of unbranched alkanes of at least 4 members (excludes halogenated alkanes) is 1. The van der Waals surface area contributed by atoms with Gasteiger partial charge in [0.1, 0.15) is 0 Å². The van der Waals surface area contributed by atoms with E-state index in [-0.39, 0.29) is 0 Å². The fraction of sp³-hybridized carbons (Fsp3) is 0.286. The zero-order chi connectivity index (χ0) is 10.4. The summed E-state index contributed by atoms with van der Waals surface area (Å²) in [7, 11) is 0. The minimum Gasteiger partial charge on any atom is -0.103 e. The summed E-state index contributed by atoms with van der Waals surface area (Å²) >= 11 is 0. The predicted molar refractivity (Wildman–Crippen MR) is 64.3 cm³/mol. The van der Waals surface area contributed by atoms with E-state index in [0.29, 0.717) is 0 Å². The van der Waals surface area contributed by atoms with Crippen molar-refractivity contribution in [2.75, 3.05) is 0 Å². The molecule has 0 aliphatic heterocycles. The van der Waals surface area contributed by atoms with E-state index in [1.807, 2.05) is 6.08 Å². The molecule has 0 fully saturated rings. The van der Waals surface area contributed by atoms with Gasteiger partial charge in [-0.15, -0.1) is 6.58 Å². The molecule has 0 aliphatic rings. The lowest BCUT2D eigenvalue weighted by molar-refractivity contribution is 0.881. The van der Waals surface area contributed by atoms with E-state index >= 15 is 0 Å². The van der Waals surface area contributed by atoms with Crippen molar-refractivity contribution >= 4 is 5.57 Å². The van der Waals surface area contributed by atoms with Gasteiger partial charge in [-0.3, -0.25) is 0 Å². The van der Waals surface area contributed by atoms with Crippen LogP contribution in [0, 0.1) is 6.92 Å². The van der Waals surface area contributed by atoms with E-state index in [4.69, 9.17) is 0 Å².